The van der Waals surface area contributed by atoms with Crippen LogP contribution >= 0.6 is 0 Å². The lowest BCUT2D eigenvalue weighted by molar-refractivity contribution is 0.332. The van der Waals surface area contributed by atoms with Crippen LogP contribution in [0.15, 0.2) is 83.3 Å². The van der Waals surface area contributed by atoms with Gasteiger partial charge in [-0.05, 0) is 172 Å². The number of rotatable bonds is 2. The lowest BCUT2D eigenvalue weighted by Crippen LogP contribution is -2.61. The van der Waals surface area contributed by atoms with Gasteiger partial charge < -0.3 is 9.32 Å². The molecule has 3 nitrogen and oxygen atoms in total. The summed E-state index contributed by atoms with van der Waals surface area (Å²) in [5.74, 6) is 0.945. The summed E-state index contributed by atoms with van der Waals surface area (Å²) >= 11 is 0. The number of furan rings is 1. The van der Waals surface area contributed by atoms with Crippen molar-refractivity contribution in [3.63, 3.8) is 0 Å². The van der Waals surface area contributed by atoms with Gasteiger partial charge in [0.25, 0.3) is 6.71 Å². The van der Waals surface area contributed by atoms with Crippen LogP contribution in [0.1, 0.15) is 146 Å². The average molecular weight is 779 g/mol. The second kappa shape index (κ2) is 12.2. The molecule has 6 aromatic rings. The van der Waals surface area contributed by atoms with E-state index < -0.39 is 0 Å². The van der Waals surface area contributed by atoms with E-state index >= 15 is 0 Å². The first kappa shape index (κ1) is 38.5. The van der Waals surface area contributed by atoms with Crippen LogP contribution in [0.25, 0.3) is 11.0 Å². The van der Waals surface area contributed by atoms with Gasteiger partial charge in [0.15, 0.2) is 0 Å². The van der Waals surface area contributed by atoms with E-state index in [1.165, 1.54) is 120 Å². The van der Waals surface area contributed by atoms with Crippen LogP contribution in [0.4, 0.5) is 34.3 Å². The number of fused-ring (bicyclic) bond motifs is 8. The maximum absolute atomic E-state index is 7.19. The van der Waals surface area contributed by atoms with Gasteiger partial charge in [0.2, 0.25) is 5.88 Å². The Hall–Kier alpha value is -4.70. The molecule has 4 aliphatic rings. The molecule has 302 valence electrons. The van der Waals surface area contributed by atoms with Crippen molar-refractivity contribution >= 4 is 68.4 Å². The van der Waals surface area contributed by atoms with E-state index in [4.69, 9.17) is 4.42 Å². The summed E-state index contributed by atoms with van der Waals surface area (Å²) in [4.78, 5) is 5.14. The molecule has 3 heterocycles. The zero-order valence-electron chi connectivity index (χ0n) is 38.2. The average Bonchev–Trinajstić information content (AvgIpc) is 3.52. The first-order valence-corrected chi connectivity index (χ1v) is 22.3. The zero-order chi connectivity index (χ0) is 41.9. The predicted octanol–water partition coefficient (Wildman–Crippen LogP) is 13.4. The van der Waals surface area contributed by atoms with Gasteiger partial charge in [-0.25, -0.2) is 0 Å². The topological polar surface area (TPSA) is 19.6 Å². The molecular formula is C55H63BN2O. The summed E-state index contributed by atoms with van der Waals surface area (Å²) < 4.78 is 7.19. The SMILES string of the molecule is Cc1cc2c3c(c1)N(c1ccc(C(C)(C)C)cc1C)c1oc4ccc(C)cc4c1B3c1cc3c(cc1N2c1ccc2c(c1)C(C)(C)CCC2(C)C)C(C)(C)CCC3(C)C. The Kier molecular flexibility index (Phi) is 7.97. The molecule has 10 rings (SSSR count). The molecule has 0 saturated carbocycles. The van der Waals surface area contributed by atoms with E-state index in [0.717, 1.165) is 11.5 Å². The summed E-state index contributed by atoms with van der Waals surface area (Å²) in [6.07, 6.45) is 4.74. The minimum Gasteiger partial charge on any atom is -0.440 e. The molecule has 4 heteroatoms. The first-order chi connectivity index (χ1) is 27.6. The number of hydrogen-bond donors (Lipinski definition) is 0. The minimum absolute atomic E-state index is 0.00514. The summed E-state index contributed by atoms with van der Waals surface area (Å²) in [6.45, 7) is 33.4. The molecule has 0 saturated heterocycles. The van der Waals surface area contributed by atoms with E-state index in [-0.39, 0.29) is 33.8 Å². The minimum atomic E-state index is -0.00514. The summed E-state index contributed by atoms with van der Waals surface area (Å²) in [6, 6.07) is 31.5. The third kappa shape index (κ3) is 5.60. The Morgan fingerprint density at radius 2 is 1.12 bits per heavy atom. The fraction of sp³-hybridized carbons (Fsp3) is 0.418. The van der Waals surface area contributed by atoms with E-state index in [9.17, 15) is 0 Å². The number of benzene rings is 5. The molecule has 59 heavy (non-hydrogen) atoms. The molecule has 5 aromatic carbocycles. The van der Waals surface area contributed by atoms with E-state index in [2.05, 4.69) is 186 Å². The standard InChI is InChI=1S/C55H63BN2O/c1-32-15-20-47-37(25-32)48-50(59-47)58(43-19-16-35(28-34(43)3)51(4,5)6)46-27-33(2)26-45-49(46)56(48)42-30-40-41(55(13,14)24-23-54(40,11)12)31-44(42)57(45)36-17-18-38-39(29-36)53(9,10)22-21-52(38,7)8/h15-20,25-31H,21-24H2,1-14H3. The van der Waals surface area contributed by atoms with Crippen LogP contribution in [-0.4, -0.2) is 6.71 Å². The zero-order valence-corrected chi connectivity index (χ0v) is 38.2. The Bertz CT molecular complexity index is 2770. The third-order valence-corrected chi connectivity index (χ3v) is 15.4. The molecule has 0 bridgehead atoms. The third-order valence-electron chi connectivity index (χ3n) is 15.4. The monoisotopic (exact) mass is 779 g/mol. The molecule has 0 amide bonds. The van der Waals surface area contributed by atoms with Crippen LogP contribution in [0.3, 0.4) is 0 Å². The lowest BCUT2D eigenvalue weighted by Gasteiger charge is -2.47. The smallest absolute Gasteiger partial charge is 0.257 e. The largest absolute Gasteiger partial charge is 0.440 e. The van der Waals surface area contributed by atoms with Gasteiger partial charge >= 0.3 is 0 Å². The molecule has 0 spiro atoms. The van der Waals surface area contributed by atoms with Crippen molar-refractivity contribution in [3.05, 3.63) is 123 Å². The second-order valence-corrected chi connectivity index (χ2v) is 22.6. The highest BCUT2D eigenvalue weighted by atomic mass is 16.4. The lowest BCUT2D eigenvalue weighted by atomic mass is 9.33. The van der Waals surface area contributed by atoms with Gasteiger partial charge in [-0.15, -0.1) is 0 Å². The number of nitrogens with zero attached hydrogens (tertiary/aromatic N) is 2. The van der Waals surface area contributed by atoms with Crippen LogP contribution in [0, 0.1) is 20.8 Å². The van der Waals surface area contributed by atoms with Crippen molar-refractivity contribution in [1.29, 1.82) is 0 Å². The summed E-state index contributed by atoms with van der Waals surface area (Å²) in [5.41, 5.74) is 22.7. The maximum atomic E-state index is 7.19. The summed E-state index contributed by atoms with van der Waals surface area (Å²) in [7, 11) is 0. The second-order valence-electron chi connectivity index (χ2n) is 22.6. The Balaban J connectivity index is 1.34. The highest BCUT2D eigenvalue weighted by Gasteiger charge is 2.49. The quantitative estimate of drug-likeness (QED) is 0.163. The normalized spacial score (nSPS) is 19.2. The molecule has 0 fully saturated rings. The molecule has 2 aliphatic heterocycles. The van der Waals surface area contributed by atoms with Crippen LogP contribution < -0.4 is 26.2 Å². The molecule has 1 aromatic heterocycles. The van der Waals surface area contributed by atoms with Gasteiger partial charge in [-0.3, -0.25) is 4.90 Å². The highest BCUT2D eigenvalue weighted by molar-refractivity contribution is 7.01. The van der Waals surface area contributed by atoms with Gasteiger partial charge in [0.1, 0.15) is 5.58 Å². The summed E-state index contributed by atoms with van der Waals surface area (Å²) in [5, 5.41) is 1.21. The van der Waals surface area contributed by atoms with Gasteiger partial charge in [0.05, 0.1) is 5.69 Å². The Morgan fingerprint density at radius 1 is 0.525 bits per heavy atom. The number of anilines is 6. The molecule has 0 N–H and O–H groups in total. The first-order valence-electron chi connectivity index (χ1n) is 22.3. The highest BCUT2D eigenvalue weighted by Crippen LogP contribution is 2.53. The van der Waals surface area contributed by atoms with Crippen molar-refractivity contribution < 1.29 is 4.42 Å². The van der Waals surface area contributed by atoms with Crippen molar-refractivity contribution in [1.82, 2.24) is 0 Å². The fourth-order valence-corrected chi connectivity index (χ4v) is 11.4. The van der Waals surface area contributed by atoms with Crippen LogP contribution in [0.5, 0.6) is 0 Å². The number of aryl methyl sites for hydroxylation is 3. The molecular weight excluding hydrogens is 715 g/mol. The van der Waals surface area contributed by atoms with Crippen LogP contribution in [-0.2, 0) is 27.1 Å². The Morgan fingerprint density at radius 3 is 1.75 bits per heavy atom. The fourth-order valence-electron chi connectivity index (χ4n) is 11.4. The predicted molar refractivity (Wildman–Crippen MR) is 254 cm³/mol. The number of hydrogen-bond acceptors (Lipinski definition) is 3. The van der Waals surface area contributed by atoms with E-state index in [1.807, 2.05) is 0 Å². The molecule has 0 radical (unpaired) electrons. The Labute approximate surface area is 354 Å². The van der Waals surface area contributed by atoms with Crippen molar-refractivity contribution in [2.24, 2.45) is 0 Å². The van der Waals surface area contributed by atoms with E-state index in [1.54, 1.807) is 0 Å². The van der Waals surface area contributed by atoms with Crippen LogP contribution in [0.2, 0.25) is 0 Å². The maximum Gasteiger partial charge on any atom is 0.257 e. The molecule has 0 atom stereocenters. The molecule has 2 aliphatic carbocycles. The van der Waals surface area contributed by atoms with Crippen molar-refractivity contribution in [2.45, 2.75) is 150 Å². The van der Waals surface area contributed by atoms with Gasteiger partial charge in [0, 0.05) is 33.6 Å². The van der Waals surface area contributed by atoms with Crippen molar-refractivity contribution in [3.8, 4) is 0 Å². The van der Waals surface area contributed by atoms with Crippen molar-refractivity contribution in [2.75, 3.05) is 9.80 Å². The van der Waals surface area contributed by atoms with Gasteiger partial charge in [-0.1, -0.05) is 112 Å². The van der Waals surface area contributed by atoms with Gasteiger partial charge in [-0.2, -0.15) is 0 Å². The van der Waals surface area contributed by atoms with E-state index in [0.29, 0.717) is 0 Å². The molecule has 0 unspecified atom stereocenters.